The van der Waals surface area contributed by atoms with Crippen LogP contribution in [0.3, 0.4) is 0 Å². The molecule has 2 nitrogen and oxygen atoms in total. The Balaban J connectivity index is 2.01. The van der Waals surface area contributed by atoms with Gasteiger partial charge in [-0.15, -0.1) is 0 Å². The van der Waals surface area contributed by atoms with Gasteiger partial charge in [0, 0.05) is 9.61 Å². The number of carbonyl (C=O) groups excluding carboxylic acids is 1. The van der Waals surface area contributed by atoms with E-state index < -0.39 is 0 Å². The first-order valence-electron chi connectivity index (χ1n) is 6.64. The third-order valence-electron chi connectivity index (χ3n) is 3.79. The Bertz CT molecular complexity index is 436. The van der Waals surface area contributed by atoms with Gasteiger partial charge in [0.2, 0.25) is 0 Å². The number of nitrogens with one attached hydrogen (secondary N) is 1. The molecule has 0 atom stereocenters. The van der Waals surface area contributed by atoms with Gasteiger partial charge in [-0.05, 0) is 72.7 Å². The fraction of sp³-hybridized carbons (Fsp3) is 0.533. The largest absolute Gasteiger partial charge is 0.349 e. The van der Waals surface area contributed by atoms with Crippen molar-refractivity contribution in [3.8, 4) is 0 Å². The van der Waals surface area contributed by atoms with Gasteiger partial charge in [0.05, 0.1) is 5.56 Å². The zero-order valence-electron chi connectivity index (χ0n) is 11.0. The Hall–Kier alpha value is -0.580. The summed E-state index contributed by atoms with van der Waals surface area (Å²) in [6.07, 6.45) is 4.70. The number of rotatable bonds is 2. The molecule has 0 saturated heterocycles. The molecule has 1 aromatic rings. The third-order valence-corrected chi connectivity index (χ3v) is 5.22. The second kappa shape index (κ2) is 6.04. The third kappa shape index (κ3) is 3.25. The van der Waals surface area contributed by atoms with Crippen LogP contribution in [0, 0.1) is 16.4 Å². The summed E-state index contributed by atoms with van der Waals surface area (Å²) in [7, 11) is 0. The molecule has 1 fully saturated rings. The SMILES string of the molecule is Cc1cccc(C(=O)NC2CCC(C)CC2)c1I. The maximum atomic E-state index is 12.3. The summed E-state index contributed by atoms with van der Waals surface area (Å²) < 4.78 is 1.07. The number of halogens is 1. The highest BCUT2D eigenvalue weighted by Gasteiger charge is 2.21. The minimum atomic E-state index is 0.0858. The predicted octanol–water partition coefficient (Wildman–Crippen LogP) is 3.91. The normalized spacial score (nSPS) is 23.7. The summed E-state index contributed by atoms with van der Waals surface area (Å²) in [6.45, 7) is 4.34. The van der Waals surface area contributed by atoms with Crippen molar-refractivity contribution in [3.63, 3.8) is 0 Å². The lowest BCUT2D eigenvalue weighted by Crippen LogP contribution is -2.37. The van der Waals surface area contributed by atoms with Gasteiger partial charge in [0.1, 0.15) is 0 Å². The number of amides is 1. The van der Waals surface area contributed by atoms with Gasteiger partial charge in [-0.3, -0.25) is 4.79 Å². The number of aryl methyl sites for hydroxylation is 1. The number of benzene rings is 1. The van der Waals surface area contributed by atoms with Crippen molar-refractivity contribution in [3.05, 3.63) is 32.9 Å². The number of carbonyl (C=O) groups is 1. The van der Waals surface area contributed by atoms with Crippen molar-refractivity contribution in [2.75, 3.05) is 0 Å². The van der Waals surface area contributed by atoms with Crippen molar-refractivity contribution >= 4 is 28.5 Å². The van der Waals surface area contributed by atoms with Crippen LogP contribution in [0.1, 0.15) is 48.5 Å². The predicted molar refractivity (Wildman–Crippen MR) is 82.8 cm³/mol. The molecule has 1 N–H and O–H groups in total. The summed E-state index contributed by atoms with van der Waals surface area (Å²) in [4.78, 5) is 12.3. The molecule has 3 heteroatoms. The second-order valence-corrected chi connectivity index (χ2v) is 6.45. The van der Waals surface area contributed by atoms with Gasteiger partial charge in [0.25, 0.3) is 5.91 Å². The molecule has 98 valence electrons. The van der Waals surface area contributed by atoms with Crippen LogP contribution < -0.4 is 5.32 Å². The Morgan fingerprint density at radius 3 is 2.61 bits per heavy atom. The lowest BCUT2D eigenvalue weighted by molar-refractivity contribution is 0.0922. The van der Waals surface area contributed by atoms with Crippen molar-refractivity contribution < 1.29 is 4.79 Å². The van der Waals surface area contributed by atoms with Crippen molar-refractivity contribution in [1.82, 2.24) is 5.32 Å². The molecule has 0 bridgehead atoms. The second-order valence-electron chi connectivity index (χ2n) is 5.37. The van der Waals surface area contributed by atoms with Crippen LogP contribution in [0.5, 0.6) is 0 Å². The Kier molecular flexibility index (Phi) is 4.65. The van der Waals surface area contributed by atoms with Crippen molar-refractivity contribution in [2.45, 2.75) is 45.6 Å². The molecule has 0 aliphatic heterocycles. The standard InChI is InChI=1S/C15H20INO/c1-10-6-8-12(9-7-10)17-15(18)13-5-3-4-11(2)14(13)16/h3-5,10,12H,6-9H2,1-2H3,(H,17,18). The van der Waals surface area contributed by atoms with E-state index in [1.807, 2.05) is 25.1 Å². The van der Waals surface area contributed by atoms with Crippen LogP contribution in [-0.4, -0.2) is 11.9 Å². The van der Waals surface area contributed by atoms with E-state index in [-0.39, 0.29) is 5.91 Å². The summed E-state index contributed by atoms with van der Waals surface area (Å²) in [6, 6.07) is 6.27. The molecule has 1 amide bonds. The summed E-state index contributed by atoms with van der Waals surface area (Å²) in [5, 5.41) is 3.18. The van der Waals surface area contributed by atoms with Gasteiger partial charge in [0.15, 0.2) is 0 Å². The zero-order chi connectivity index (χ0) is 13.1. The lowest BCUT2D eigenvalue weighted by Gasteiger charge is -2.27. The highest BCUT2D eigenvalue weighted by atomic mass is 127. The molecule has 1 aliphatic rings. The van der Waals surface area contributed by atoms with Crippen LogP contribution in [0.25, 0.3) is 0 Å². The minimum Gasteiger partial charge on any atom is -0.349 e. The van der Waals surface area contributed by atoms with E-state index in [1.165, 1.54) is 18.4 Å². The van der Waals surface area contributed by atoms with E-state index in [1.54, 1.807) is 0 Å². The Morgan fingerprint density at radius 2 is 1.94 bits per heavy atom. The highest BCUT2D eigenvalue weighted by molar-refractivity contribution is 14.1. The summed E-state index contributed by atoms with van der Waals surface area (Å²) >= 11 is 2.26. The van der Waals surface area contributed by atoms with Crippen molar-refractivity contribution in [2.24, 2.45) is 5.92 Å². The van der Waals surface area contributed by atoms with Crippen LogP contribution in [0.2, 0.25) is 0 Å². The van der Waals surface area contributed by atoms with Crippen LogP contribution in [-0.2, 0) is 0 Å². The maximum absolute atomic E-state index is 12.3. The molecule has 18 heavy (non-hydrogen) atoms. The molecule has 0 radical (unpaired) electrons. The average molecular weight is 357 g/mol. The lowest BCUT2D eigenvalue weighted by atomic mass is 9.87. The van der Waals surface area contributed by atoms with E-state index in [0.717, 1.165) is 27.9 Å². The van der Waals surface area contributed by atoms with Crippen LogP contribution in [0.15, 0.2) is 18.2 Å². The van der Waals surface area contributed by atoms with Gasteiger partial charge >= 0.3 is 0 Å². The first-order valence-corrected chi connectivity index (χ1v) is 7.71. The number of hydrogen-bond acceptors (Lipinski definition) is 1. The van der Waals surface area contributed by atoms with E-state index in [4.69, 9.17) is 0 Å². The molecule has 0 aromatic heterocycles. The topological polar surface area (TPSA) is 29.1 Å². The summed E-state index contributed by atoms with van der Waals surface area (Å²) in [5.41, 5.74) is 1.98. The fourth-order valence-electron chi connectivity index (χ4n) is 2.49. The fourth-order valence-corrected chi connectivity index (χ4v) is 3.09. The molecule has 1 aliphatic carbocycles. The van der Waals surface area contributed by atoms with Gasteiger partial charge in [-0.25, -0.2) is 0 Å². The Morgan fingerprint density at radius 1 is 1.28 bits per heavy atom. The first-order chi connectivity index (χ1) is 8.58. The molecule has 2 rings (SSSR count). The van der Waals surface area contributed by atoms with Gasteiger partial charge < -0.3 is 5.32 Å². The molecule has 0 unspecified atom stereocenters. The molecule has 0 heterocycles. The summed E-state index contributed by atoms with van der Waals surface area (Å²) in [5.74, 6) is 0.903. The van der Waals surface area contributed by atoms with Gasteiger partial charge in [-0.1, -0.05) is 19.1 Å². The Labute approximate surface area is 123 Å². The minimum absolute atomic E-state index is 0.0858. The first kappa shape index (κ1) is 13.8. The van der Waals surface area contributed by atoms with E-state index in [0.29, 0.717) is 6.04 Å². The average Bonchev–Trinajstić information content (AvgIpc) is 2.35. The molecule has 1 saturated carbocycles. The zero-order valence-corrected chi connectivity index (χ0v) is 13.2. The van der Waals surface area contributed by atoms with E-state index in [9.17, 15) is 4.79 Å². The highest BCUT2D eigenvalue weighted by Crippen LogP contribution is 2.24. The van der Waals surface area contributed by atoms with Crippen LogP contribution >= 0.6 is 22.6 Å². The van der Waals surface area contributed by atoms with E-state index in [2.05, 4.69) is 34.8 Å². The number of hydrogen-bond donors (Lipinski definition) is 1. The van der Waals surface area contributed by atoms with Crippen molar-refractivity contribution in [1.29, 1.82) is 0 Å². The smallest absolute Gasteiger partial charge is 0.252 e. The van der Waals surface area contributed by atoms with Crippen LogP contribution in [0.4, 0.5) is 0 Å². The van der Waals surface area contributed by atoms with E-state index >= 15 is 0 Å². The molecular formula is C15H20INO. The molecular weight excluding hydrogens is 337 g/mol. The molecule has 1 aromatic carbocycles. The quantitative estimate of drug-likeness (QED) is 0.799. The monoisotopic (exact) mass is 357 g/mol. The maximum Gasteiger partial charge on any atom is 0.252 e. The molecule has 0 spiro atoms. The van der Waals surface area contributed by atoms with Gasteiger partial charge in [-0.2, -0.15) is 0 Å².